The van der Waals surface area contributed by atoms with Crippen LogP contribution in [0.15, 0.2) is 24.3 Å². The van der Waals surface area contributed by atoms with E-state index in [1.54, 1.807) is 7.11 Å². The predicted octanol–water partition coefficient (Wildman–Crippen LogP) is 0.979. The largest absolute Gasteiger partial charge is 0.385 e. The van der Waals surface area contributed by atoms with Crippen molar-refractivity contribution in [1.82, 2.24) is 4.72 Å². The number of para-hydroxylation sites is 1. The van der Waals surface area contributed by atoms with Gasteiger partial charge in [0.05, 0.1) is 5.75 Å². The third kappa shape index (κ3) is 4.19. The average molecular weight is 284 g/mol. The molecule has 5 nitrogen and oxygen atoms in total. The lowest BCUT2D eigenvalue weighted by Crippen LogP contribution is -2.44. The van der Waals surface area contributed by atoms with Gasteiger partial charge in [0.1, 0.15) is 0 Å². The number of ether oxygens (including phenoxy) is 1. The molecule has 0 bridgehead atoms. The van der Waals surface area contributed by atoms with Gasteiger partial charge in [0.15, 0.2) is 0 Å². The third-order valence-corrected chi connectivity index (χ3v) is 4.65. The van der Waals surface area contributed by atoms with Crippen LogP contribution in [0, 0.1) is 0 Å². The van der Waals surface area contributed by atoms with E-state index in [2.05, 4.69) is 10.0 Å². The number of anilines is 1. The number of rotatable bonds is 6. The summed E-state index contributed by atoms with van der Waals surface area (Å²) < 4.78 is 31.4. The van der Waals surface area contributed by atoms with Gasteiger partial charge in [-0.2, -0.15) is 0 Å². The minimum atomic E-state index is -3.23. The van der Waals surface area contributed by atoms with E-state index in [1.165, 1.54) is 0 Å². The first-order chi connectivity index (χ1) is 9.11. The molecule has 1 aromatic rings. The first-order valence-corrected chi connectivity index (χ1v) is 8.06. The van der Waals surface area contributed by atoms with Crippen LogP contribution in [-0.2, 0) is 21.2 Å². The van der Waals surface area contributed by atoms with E-state index in [1.807, 2.05) is 24.3 Å². The van der Waals surface area contributed by atoms with Crippen molar-refractivity contribution in [3.63, 3.8) is 0 Å². The maximum absolute atomic E-state index is 11.9. The second-order valence-corrected chi connectivity index (χ2v) is 6.60. The maximum atomic E-state index is 11.9. The number of hydrogen-bond acceptors (Lipinski definition) is 4. The zero-order valence-electron chi connectivity index (χ0n) is 11.1. The average Bonchev–Trinajstić information content (AvgIpc) is 2.38. The van der Waals surface area contributed by atoms with Gasteiger partial charge < -0.3 is 10.1 Å². The van der Waals surface area contributed by atoms with E-state index in [-0.39, 0.29) is 11.8 Å². The molecule has 0 aromatic heterocycles. The molecule has 0 amide bonds. The summed E-state index contributed by atoms with van der Waals surface area (Å²) in [4.78, 5) is 0. The molecule has 1 aliphatic rings. The van der Waals surface area contributed by atoms with Gasteiger partial charge in [-0.25, -0.2) is 13.1 Å². The molecule has 0 saturated carbocycles. The molecule has 106 valence electrons. The molecule has 0 aliphatic carbocycles. The summed E-state index contributed by atoms with van der Waals surface area (Å²) in [5.41, 5.74) is 2.25. The standard InChI is InChI=1S/C13H20N2O3S/c1-18-7-4-8-19(16,17)15-12-9-11-5-2-3-6-13(11)14-10-12/h2-3,5-6,12,14-15H,4,7-10H2,1H3. The summed E-state index contributed by atoms with van der Waals surface area (Å²) in [6.45, 7) is 1.09. The summed E-state index contributed by atoms with van der Waals surface area (Å²) >= 11 is 0. The topological polar surface area (TPSA) is 67.4 Å². The lowest BCUT2D eigenvalue weighted by molar-refractivity contribution is 0.199. The number of hydrogen-bond donors (Lipinski definition) is 2. The van der Waals surface area contributed by atoms with Crippen LogP contribution < -0.4 is 10.0 Å². The van der Waals surface area contributed by atoms with Crippen LogP contribution in [0.3, 0.4) is 0 Å². The number of fused-ring (bicyclic) bond motifs is 1. The van der Waals surface area contributed by atoms with Crippen LogP contribution >= 0.6 is 0 Å². The van der Waals surface area contributed by atoms with Gasteiger partial charge in [-0.15, -0.1) is 0 Å². The van der Waals surface area contributed by atoms with E-state index in [0.29, 0.717) is 19.6 Å². The highest BCUT2D eigenvalue weighted by molar-refractivity contribution is 7.89. The molecule has 1 heterocycles. The van der Waals surface area contributed by atoms with Gasteiger partial charge in [0.25, 0.3) is 0 Å². The van der Waals surface area contributed by atoms with Gasteiger partial charge in [-0.05, 0) is 24.5 Å². The summed E-state index contributed by atoms with van der Waals surface area (Å²) in [5, 5.41) is 3.25. The number of methoxy groups -OCH3 is 1. The van der Waals surface area contributed by atoms with E-state index in [0.717, 1.165) is 17.7 Å². The molecule has 0 saturated heterocycles. The molecule has 1 aliphatic heterocycles. The molecular weight excluding hydrogens is 264 g/mol. The van der Waals surface area contributed by atoms with E-state index < -0.39 is 10.0 Å². The van der Waals surface area contributed by atoms with Crippen LogP contribution in [0.1, 0.15) is 12.0 Å². The van der Waals surface area contributed by atoms with Crippen molar-refractivity contribution in [3.8, 4) is 0 Å². The zero-order chi connectivity index (χ0) is 13.7. The van der Waals surface area contributed by atoms with E-state index in [9.17, 15) is 8.42 Å². The molecule has 19 heavy (non-hydrogen) atoms. The molecule has 0 spiro atoms. The molecule has 1 aromatic carbocycles. The molecule has 0 fully saturated rings. The molecule has 0 radical (unpaired) electrons. The highest BCUT2D eigenvalue weighted by Crippen LogP contribution is 2.21. The van der Waals surface area contributed by atoms with Crippen LogP contribution in [-0.4, -0.2) is 40.5 Å². The predicted molar refractivity (Wildman–Crippen MR) is 75.8 cm³/mol. The summed E-state index contributed by atoms with van der Waals surface area (Å²) in [6.07, 6.45) is 1.25. The van der Waals surface area contributed by atoms with Crippen molar-refractivity contribution in [1.29, 1.82) is 0 Å². The first kappa shape index (κ1) is 14.3. The summed E-state index contributed by atoms with van der Waals surface area (Å²) in [7, 11) is -1.65. The molecule has 2 rings (SSSR count). The molecule has 6 heteroatoms. The summed E-state index contributed by atoms with van der Waals surface area (Å²) in [6, 6.07) is 7.89. The van der Waals surface area contributed by atoms with Gasteiger partial charge >= 0.3 is 0 Å². The van der Waals surface area contributed by atoms with Gasteiger partial charge in [0.2, 0.25) is 10.0 Å². The Hall–Kier alpha value is -1.11. The Morgan fingerprint density at radius 1 is 1.42 bits per heavy atom. The Morgan fingerprint density at radius 2 is 2.21 bits per heavy atom. The quantitative estimate of drug-likeness (QED) is 0.764. The van der Waals surface area contributed by atoms with Crippen molar-refractivity contribution in [3.05, 3.63) is 29.8 Å². The Labute approximate surface area is 114 Å². The number of benzene rings is 1. The fourth-order valence-corrected chi connectivity index (χ4v) is 3.52. The van der Waals surface area contributed by atoms with Crippen molar-refractivity contribution < 1.29 is 13.2 Å². The molecule has 1 unspecified atom stereocenters. The minimum Gasteiger partial charge on any atom is -0.385 e. The first-order valence-electron chi connectivity index (χ1n) is 6.41. The number of nitrogens with one attached hydrogen (secondary N) is 2. The van der Waals surface area contributed by atoms with Crippen molar-refractivity contribution in [2.24, 2.45) is 0 Å². The fourth-order valence-electron chi connectivity index (χ4n) is 2.23. The monoisotopic (exact) mass is 284 g/mol. The smallest absolute Gasteiger partial charge is 0.212 e. The fraction of sp³-hybridized carbons (Fsp3) is 0.538. The second-order valence-electron chi connectivity index (χ2n) is 4.72. The number of sulfonamides is 1. The van der Waals surface area contributed by atoms with Gasteiger partial charge in [-0.1, -0.05) is 18.2 Å². The van der Waals surface area contributed by atoms with Gasteiger partial charge in [0, 0.05) is 32.0 Å². The third-order valence-electron chi connectivity index (χ3n) is 3.13. The molecule has 2 N–H and O–H groups in total. The highest BCUT2D eigenvalue weighted by atomic mass is 32.2. The molecular formula is C13H20N2O3S. The Bertz CT molecular complexity index is 516. The normalized spacial score (nSPS) is 18.7. The SMILES string of the molecule is COCCCS(=O)(=O)NC1CNc2ccccc2C1. The van der Waals surface area contributed by atoms with Crippen LogP contribution in [0.25, 0.3) is 0 Å². The highest BCUT2D eigenvalue weighted by Gasteiger charge is 2.22. The lowest BCUT2D eigenvalue weighted by Gasteiger charge is -2.26. The second kappa shape index (κ2) is 6.36. The zero-order valence-corrected chi connectivity index (χ0v) is 11.9. The van der Waals surface area contributed by atoms with Crippen LogP contribution in [0.5, 0.6) is 0 Å². The van der Waals surface area contributed by atoms with Crippen LogP contribution in [0.2, 0.25) is 0 Å². The van der Waals surface area contributed by atoms with Gasteiger partial charge in [-0.3, -0.25) is 0 Å². The van der Waals surface area contributed by atoms with E-state index >= 15 is 0 Å². The van der Waals surface area contributed by atoms with Crippen molar-refractivity contribution in [2.75, 3.05) is 31.3 Å². The summed E-state index contributed by atoms with van der Waals surface area (Å²) in [5.74, 6) is 0.110. The Kier molecular flexibility index (Phi) is 4.79. The lowest BCUT2D eigenvalue weighted by atomic mass is 10.0. The Morgan fingerprint density at radius 3 is 3.00 bits per heavy atom. The van der Waals surface area contributed by atoms with Crippen molar-refractivity contribution >= 4 is 15.7 Å². The van der Waals surface area contributed by atoms with Crippen LogP contribution in [0.4, 0.5) is 5.69 Å². The van der Waals surface area contributed by atoms with E-state index in [4.69, 9.17) is 4.74 Å². The minimum absolute atomic E-state index is 0.0811. The molecule has 1 atom stereocenters. The Balaban J connectivity index is 1.91. The maximum Gasteiger partial charge on any atom is 0.212 e. The van der Waals surface area contributed by atoms with Crippen molar-refractivity contribution in [2.45, 2.75) is 18.9 Å².